The molecule has 1 atom stereocenters. The van der Waals surface area contributed by atoms with Gasteiger partial charge in [0.2, 0.25) is 0 Å². The standard InChI is InChI=1S/C16H24NO4P/c1-22(2,20)15(18)14-8-10-17(11-9-14)16(19)21-12-13-6-4-3-5-7-13/h3-7,14-15,18H,8-12H2,1-2H3. The third-order valence-corrected chi connectivity index (χ3v) is 5.76. The van der Waals surface area contributed by atoms with Crippen LogP contribution in [-0.4, -0.2) is 48.4 Å². The van der Waals surface area contributed by atoms with Gasteiger partial charge in [-0.15, -0.1) is 0 Å². The minimum absolute atomic E-state index is 0.000920. The number of aliphatic hydroxyl groups is 1. The molecule has 1 aliphatic heterocycles. The molecule has 6 heteroatoms. The smallest absolute Gasteiger partial charge is 0.410 e. The number of rotatable bonds is 4. The van der Waals surface area contributed by atoms with E-state index in [4.69, 9.17) is 4.74 Å². The molecule has 0 spiro atoms. The van der Waals surface area contributed by atoms with Crippen LogP contribution < -0.4 is 0 Å². The number of aliphatic hydroxyl groups excluding tert-OH is 1. The highest BCUT2D eigenvalue weighted by Gasteiger charge is 2.33. The minimum Gasteiger partial charge on any atom is -0.445 e. The van der Waals surface area contributed by atoms with Crippen molar-refractivity contribution in [2.24, 2.45) is 5.92 Å². The average Bonchev–Trinajstić information content (AvgIpc) is 2.52. The van der Waals surface area contributed by atoms with Crippen molar-refractivity contribution in [1.29, 1.82) is 0 Å². The Labute approximate surface area is 131 Å². The van der Waals surface area contributed by atoms with Gasteiger partial charge < -0.3 is 19.3 Å². The van der Waals surface area contributed by atoms with Gasteiger partial charge in [0.25, 0.3) is 0 Å². The number of likely N-dealkylation sites (tertiary alicyclic amines) is 1. The van der Waals surface area contributed by atoms with E-state index >= 15 is 0 Å². The number of carbonyl (C=O) groups is 1. The summed E-state index contributed by atoms with van der Waals surface area (Å²) in [5.74, 6) is -0.769. The lowest BCUT2D eigenvalue weighted by Gasteiger charge is -2.34. The van der Waals surface area contributed by atoms with E-state index in [1.165, 1.54) is 0 Å². The highest BCUT2D eigenvalue weighted by molar-refractivity contribution is 7.62. The van der Waals surface area contributed by atoms with E-state index in [1.54, 1.807) is 18.2 Å². The zero-order valence-electron chi connectivity index (χ0n) is 13.1. The first-order chi connectivity index (χ1) is 10.4. The third kappa shape index (κ3) is 4.59. The Morgan fingerprint density at radius 3 is 2.45 bits per heavy atom. The molecule has 1 fully saturated rings. The Balaban J connectivity index is 1.79. The Kier molecular flexibility index (Phi) is 5.65. The number of hydrogen-bond donors (Lipinski definition) is 1. The number of piperidine rings is 1. The summed E-state index contributed by atoms with van der Waals surface area (Å²) < 4.78 is 17.2. The molecule has 0 radical (unpaired) electrons. The maximum absolute atomic E-state index is 12.0. The number of carbonyl (C=O) groups excluding carboxylic acids is 1. The van der Waals surface area contributed by atoms with Crippen LogP contribution in [0, 0.1) is 5.92 Å². The second-order valence-electron chi connectivity index (χ2n) is 6.21. The fourth-order valence-electron chi connectivity index (χ4n) is 2.70. The molecule has 0 aliphatic carbocycles. The lowest BCUT2D eigenvalue weighted by molar-refractivity contribution is 0.0674. The van der Waals surface area contributed by atoms with Crippen molar-refractivity contribution in [1.82, 2.24) is 4.90 Å². The topological polar surface area (TPSA) is 66.8 Å². The number of nitrogens with zero attached hydrogens (tertiary/aromatic N) is 1. The molecule has 1 N–H and O–H groups in total. The van der Waals surface area contributed by atoms with Crippen molar-refractivity contribution in [2.45, 2.75) is 25.3 Å². The van der Waals surface area contributed by atoms with E-state index < -0.39 is 13.0 Å². The van der Waals surface area contributed by atoms with Crippen LogP contribution >= 0.6 is 7.14 Å². The molecule has 1 aromatic rings. The second-order valence-corrected chi connectivity index (χ2v) is 9.61. The third-order valence-electron chi connectivity index (χ3n) is 4.06. The van der Waals surface area contributed by atoms with Gasteiger partial charge in [-0.1, -0.05) is 30.3 Å². The molecule has 0 bridgehead atoms. The van der Waals surface area contributed by atoms with Crippen LogP contribution in [0.15, 0.2) is 30.3 Å². The van der Waals surface area contributed by atoms with Gasteiger partial charge in [0.15, 0.2) is 0 Å². The molecular weight excluding hydrogens is 301 g/mol. The molecule has 5 nitrogen and oxygen atoms in total. The highest BCUT2D eigenvalue weighted by Crippen LogP contribution is 2.46. The van der Waals surface area contributed by atoms with Crippen molar-refractivity contribution in [2.75, 3.05) is 26.4 Å². The van der Waals surface area contributed by atoms with E-state index in [9.17, 15) is 14.5 Å². The van der Waals surface area contributed by atoms with E-state index in [2.05, 4.69) is 0 Å². The van der Waals surface area contributed by atoms with Crippen LogP contribution in [0.3, 0.4) is 0 Å². The molecule has 1 aliphatic rings. The maximum Gasteiger partial charge on any atom is 0.410 e. The first-order valence-electron chi connectivity index (χ1n) is 7.56. The summed E-state index contributed by atoms with van der Waals surface area (Å²) in [6, 6.07) is 9.56. The maximum atomic E-state index is 12.0. The number of hydrogen-bond acceptors (Lipinski definition) is 4. The fourth-order valence-corrected chi connectivity index (χ4v) is 4.01. The summed E-state index contributed by atoms with van der Waals surface area (Å²) in [5.41, 5.74) is 0.957. The second kappa shape index (κ2) is 7.30. The molecule has 22 heavy (non-hydrogen) atoms. The van der Waals surface area contributed by atoms with Crippen LogP contribution in [0.5, 0.6) is 0 Å². The summed E-state index contributed by atoms with van der Waals surface area (Å²) >= 11 is 0. The van der Waals surface area contributed by atoms with Gasteiger partial charge in [0.05, 0.1) is 0 Å². The minimum atomic E-state index is -2.50. The monoisotopic (exact) mass is 325 g/mol. The molecule has 1 heterocycles. The van der Waals surface area contributed by atoms with Gasteiger partial charge in [-0.05, 0) is 37.7 Å². The normalized spacial score (nSPS) is 18.0. The molecular formula is C16H24NO4P. The Morgan fingerprint density at radius 2 is 1.91 bits per heavy atom. The molecule has 0 aromatic heterocycles. The van der Waals surface area contributed by atoms with E-state index in [-0.39, 0.29) is 18.6 Å². The molecule has 0 saturated carbocycles. The van der Waals surface area contributed by atoms with Crippen LogP contribution in [-0.2, 0) is 15.9 Å². The van der Waals surface area contributed by atoms with Crippen LogP contribution in [0.1, 0.15) is 18.4 Å². The van der Waals surface area contributed by atoms with Crippen molar-refractivity contribution in [3.05, 3.63) is 35.9 Å². The van der Waals surface area contributed by atoms with Gasteiger partial charge in [0, 0.05) is 13.1 Å². The van der Waals surface area contributed by atoms with Crippen molar-refractivity contribution >= 4 is 13.2 Å². The van der Waals surface area contributed by atoms with Crippen molar-refractivity contribution < 1.29 is 19.2 Å². The molecule has 1 amide bonds. The largest absolute Gasteiger partial charge is 0.445 e. The van der Waals surface area contributed by atoms with E-state index in [0.29, 0.717) is 25.9 Å². The quantitative estimate of drug-likeness (QED) is 0.864. The zero-order chi connectivity index (χ0) is 16.2. The van der Waals surface area contributed by atoms with Gasteiger partial charge in [0.1, 0.15) is 19.6 Å². The summed E-state index contributed by atoms with van der Waals surface area (Å²) in [7, 11) is -2.50. The number of benzene rings is 1. The van der Waals surface area contributed by atoms with Gasteiger partial charge >= 0.3 is 6.09 Å². The summed E-state index contributed by atoms with van der Waals surface area (Å²) in [4.78, 5) is 13.7. The molecule has 1 saturated heterocycles. The Hall–Kier alpha value is -1.32. The summed E-state index contributed by atoms with van der Waals surface area (Å²) in [5, 5.41) is 10.1. The predicted molar refractivity (Wildman–Crippen MR) is 86.4 cm³/mol. The fraction of sp³-hybridized carbons (Fsp3) is 0.562. The van der Waals surface area contributed by atoms with Crippen LogP contribution in [0.25, 0.3) is 0 Å². The lowest BCUT2D eigenvalue weighted by atomic mass is 9.98. The van der Waals surface area contributed by atoms with Crippen LogP contribution in [0.2, 0.25) is 0 Å². The van der Waals surface area contributed by atoms with E-state index in [0.717, 1.165) is 5.56 Å². The molecule has 1 aromatic carbocycles. The number of ether oxygens (including phenoxy) is 1. The lowest BCUT2D eigenvalue weighted by Crippen LogP contribution is -2.41. The summed E-state index contributed by atoms with van der Waals surface area (Å²) in [6.07, 6.45) is 0.994. The van der Waals surface area contributed by atoms with Crippen LogP contribution in [0.4, 0.5) is 4.79 Å². The predicted octanol–water partition coefficient (Wildman–Crippen LogP) is 2.98. The van der Waals surface area contributed by atoms with Crippen molar-refractivity contribution in [3.63, 3.8) is 0 Å². The first kappa shape index (κ1) is 17.0. The molecule has 122 valence electrons. The summed E-state index contributed by atoms with van der Waals surface area (Å²) in [6.45, 7) is 4.56. The SMILES string of the molecule is CP(C)(=O)C(O)C1CCN(C(=O)OCc2ccccc2)CC1. The average molecular weight is 325 g/mol. The first-order valence-corrected chi connectivity index (χ1v) is 10.2. The highest BCUT2D eigenvalue weighted by atomic mass is 31.2. The van der Waals surface area contributed by atoms with Gasteiger partial charge in [-0.3, -0.25) is 0 Å². The van der Waals surface area contributed by atoms with E-state index in [1.807, 2.05) is 30.3 Å². The zero-order valence-corrected chi connectivity index (χ0v) is 14.0. The Morgan fingerprint density at radius 1 is 1.32 bits per heavy atom. The van der Waals surface area contributed by atoms with Crippen molar-refractivity contribution in [3.8, 4) is 0 Å². The Bertz CT molecular complexity index is 534. The molecule has 2 rings (SSSR count). The molecule has 1 unspecified atom stereocenters. The van der Waals surface area contributed by atoms with Gasteiger partial charge in [-0.2, -0.15) is 0 Å². The van der Waals surface area contributed by atoms with Gasteiger partial charge in [-0.25, -0.2) is 4.79 Å². The number of amides is 1.